The second-order valence-electron chi connectivity index (χ2n) is 5.42. The van der Waals surface area contributed by atoms with E-state index in [2.05, 4.69) is 15.3 Å². The molecule has 0 spiro atoms. The van der Waals surface area contributed by atoms with Gasteiger partial charge in [0.25, 0.3) is 5.91 Å². The first kappa shape index (κ1) is 18.3. The first-order valence-electron chi connectivity index (χ1n) is 7.01. The van der Waals surface area contributed by atoms with Gasteiger partial charge in [-0.25, -0.2) is 9.97 Å². The Labute approximate surface area is 136 Å². The summed E-state index contributed by atoms with van der Waals surface area (Å²) in [4.78, 5) is 34.4. The van der Waals surface area contributed by atoms with Crippen molar-refractivity contribution in [2.24, 2.45) is 5.73 Å². The first-order valence-corrected chi connectivity index (χ1v) is 7.01. The Balaban J connectivity index is 0.00000242. The monoisotopic (exact) mass is 327 g/mol. The molecule has 1 fully saturated rings. The van der Waals surface area contributed by atoms with Gasteiger partial charge in [0.2, 0.25) is 5.91 Å². The van der Waals surface area contributed by atoms with E-state index in [0.29, 0.717) is 23.8 Å². The zero-order chi connectivity index (χ0) is 15.6. The SMILES string of the molecule is CNC(=O)c1cc(C)nc(C2(C)CCCN2C(=O)CN)n1.Cl. The molecule has 1 aliphatic heterocycles. The van der Waals surface area contributed by atoms with E-state index in [1.165, 1.54) is 0 Å². The van der Waals surface area contributed by atoms with Gasteiger partial charge < -0.3 is 16.0 Å². The van der Waals surface area contributed by atoms with Crippen molar-refractivity contribution in [1.29, 1.82) is 0 Å². The van der Waals surface area contributed by atoms with Crippen LogP contribution in [-0.4, -0.2) is 46.8 Å². The van der Waals surface area contributed by atoms with E-state index in [0.717, 1.165) is 12.8 Å². The molecule has 1 unspecified atom stereocenters. The van der Waals surface area contributed by atoms with Gasteiger partial charge >= 0.3 is 0 Å². The minimum atomic E-state index is -0.606. The highest BCUT2D eigenvalue weighted by Gasteiger charge is 2.43. The normalized spacial score (nSPS) is 20.5. The molecule has 0 bridgehead atoms. The molecule has 2 rings (SSSR count). The first-order chi connectivity index (χ1) is 9.92. The maximum atomic E-state index is 12.0. The summed E-state index contributed by atoms with van der Waals surface area (Å²) in [5.41, 5.74) is 5.89. The Morgan fingerprint density at radius 1 is 1.45 bits per heavy atom. The number of carbonyl (C=O) groups excluding carboxylic acids is 2. The molecule has 1 saturated heterocycles. The number of aryl methyl sites for hydroxylation is 1. The van der Waals surface area contributed by atoms with Crippen LogP contribution in [0.3, 0.4) is 0 Å². The standard InChI is InChI=1S/C14H21N5O2.ClH/c1-9-7-10(12(21)16-3)18-13(17-9)14(2)5-4-6-19(14)11(20)8-15;/h7H,4-6,8,15H2,1-3H3,(H,16,21);1H. The Morgan fingerprint density at radius 2 is 2.14 bits per heavy atom. The molecule has 1 aliphatic rings. The van der Waals surface area contributed by atoms with Crippen LogP contribution in [0.1, 0.15) is 41.8 Å². The molecule has 7 nitrogen and oxygen atoms in total. The van der Waals surface area contributed by atoms with Gasteiger partial charge in [-0.05, 0) is 32.8 Å². The summed E-state index contributed by atoms with van der Waals surface area (Å²) in [7, 11) is 1.56. The van der Waals surface area contributed by atoms with E-state index >= 15 is 0 Å². The van der Waals surface area contributed by atoms with Crippen molar-refractivity contribution >= 4 is 24.2 Å². The fourth-order valence-corrected chi connectivity index (χ4v) is 2.76. The van der Waals surface area contributed by atoms with E-state index in [4.69, 9.17) is 5.73 Å². The molecule has 122 valence electrons. The molecule has 1 atom stereocenters. The average molecular weight is 328 g/mol. The minimum Gasteiger partial charge on any atom is -0.354 e. The molecule has 1 aromatic heterocycles. The summed E-state index contributed by atoms with van der Waals surface area (Å²) in [5, 5.41) is 2.55. The Hall–Kier alpha value is -1.73. The Bertz CT molecular complexity index is 580. The maximum absolute atomic E-state index is 12.0. The Kier molecular flexibility index (Phi) is 5.85. The van der Waals surface area contributed by atoms with E-state index in [1.807, 2.05) is 13.8 Å². The predicted molar refractivity (Wildman–Crippen MR) is 84.8 cm³/mol. The van der Waals surface area contributed by atoms with Crippen LogP contribution in [0.2, 0.25) is 0 Å². The van der Waals surface area contributed by atoms with Crippen LogP contribution < -0.4 is 11.1 Å². The number of amides is 2. The number of nitrogens with zero attached hydrogens (tertiary/aromatic N) is 3. The van der Waals surface area contributed by atoms with Gasteiger partial charge in [-0.15, -0.1) is 12.4 Å². The van der Waals surface area contributed by atoms with Crippen LogP contribution in [0, 0.1) is 6.92 Å². The number of hydrogen-bond acceptors (Lipinski definition) is 5. The van der Waals surface area contributed by atoms with Gasteiger partial charge in [0.05, 0.1) is 12.1 Å². The smallest absolute Gasteiger partial charge is 0.269 e. The van der Waals surface area contributed by atoms with Crippen LogP contribution in [0.4, 0.5) is 0 Å². The largest absolute Gasteiger partial charge is 0.354 e. The Morgan fingerprint density at radius 3 is 2.73 bits per heavy atom. The molecule has 0 saturated carbocycles. The van der Waals surface area contributed by atoms with Crippen molar-refractivity contribution in [3.8, 4) is 0 Å². The van der Waals surface area contributed by atoms with Crippen molar-refractivity contribution in [3.63, 3.8) is 0 Å². The van der Waals surface area contributed by atoms with Gasteiger partial charge in [0.1, 0.15) is 5.69 Å². The highest BCUT2D eigenvalue weighted by molar-refractivity contribution is 5.92. The van der Waals surface area contributed by atoms with E-state index in [1.54, 1.807) is 18.0 Å². The number of nitrogens with two attached hydrogens (primary N) is 1. The molecule has 8 heteroatoms. The van der Waals surface area contributed by atoms with Crippen molar-refractivity contribution < 1.29 is 9.59 Å². The number of aromatic nitrogens is 2. The third-order valence-corrected chi connectivity index (χ3v) is 3.91. The third-order valence-electron chi connectivity index (χ3n) is 3.91. The number of halogens is 1. The van der Waals surface area contributed by atoms with Crippen LogP contribution in [0.5, 0.6) is 0 Å². The van der Waals surface area contributed by atoms with Crippen molar-refractivity contribution in [1.82, 2.24) is 20.2 Å². The van der Waals surface area contributed by atoms with Crippen LogP contribution >= 0.6 is 12.4 Å². The lowest BCUT2D eigenvalue weighted by molar-refractivity contribution is -0.133. The predicted octanol–water partition coefficient (Wildman–Crippen LogP) is 0.363. The van der Waals surface area contributed by atoms with Crippen molar-refractivity contribution in [3.05, 3.63) is 23.3 Å². The van der Waals surface area contributed by atoms with Crippen LogP contribution in [0.25, 0.3) is 0 Å². The molecule has 0 aliphatic carbocycles. The second-order valence-corrected chi connectivity index (χ2v) is 5.42. The van der Waals surface area contributed by atoms with E-state index < -0.39 is 5.54 Å². The lowest BCUT2D eigenvalue weighted by Crippen LogP contribution is -2.46. The molecular formula is C14H22ClN5O2. The van der Waals surface area contributed by atoms with Gasteiger partial charge in [-0.2, -0.15) is 0 Å². The van der Waals surface area contributed by atoms with Gasteiger partial charge in [0, 0.05) is 19.3 Å². The quantitative estimate of drug-likeness (QED) is 0.835. The van der Waals surface area contributed by atoms with E-state index in [9.17, 15) is 9.59 Å². The van der Waals surface area contributed by atoms with Gasteiger partial charge in [-0.3, -0.25) is 9.59 Å². The minimum absolute atomic E-state index is 0. The van der Waals surface area contributed by atoms with Gasteiger partial charge in [-0.1, -0.05) is 0 Å². The average Bonchev–Trinajstić information content (AvgIpc) is 2.88. The lowest BCUT2D eigenvalue weighted by atomic mass is 9.97. The zero-order valence-electron chi connectivity index (χ0n) is 13.0. The molecule has 22 heavy (non-hydrogen) atoms. The number of carbonyl (C=O) groups is 2. The third kappa shape index (κ3) is 3.20. The fraction of sp³-hybridized carbons (Fsp3) is 0.571. The van der Waals surface area contributed by atoms with Crippen molar-refractivity contribution in [2.45, 2.75) is 32.2 Å². The summed E-state index contributed by atoms with van der Waals surface area (Å²) < 4.78 is 0. The summed E-state index contributed by atoms with van der Waals surface area (Å²) in [6, 6.07) is 1.63. The molecule has 0 aromatic carbocycles. The summed E-state index contributed by atoms with van der Waals surface area (Å²) in [6.07, 6.45) is 1.63. The summed E-state index contributed by atoms with van der Waals surface area (Å²) in [5.74, 6) is 0.113. The number of nitrogens with one attached hydrogen (secondary N) is 1. The topological polar surface area (TPSA) is 101 Å². The summed E-state index contributed by atoms with van der Waals surface area (Å²) >= 11 is 0. The highest BCUT2D eigenvalue weighted by atomic mass is 35.5. The second kappa shape index (κ2) is 7.02. The highest BCUT2D eigenvalue weighted by Crippen LogP contribution is 2.36. The molecule has 1 aromatic rings. The fourth-order valence-electron chi connectivity index (χ4n) is 2.76. The van der Waals surface area contributed by atoms with E-state index in [-0.39, 0.29) is 30.8 Å². The number of rotatable bonds is 3. The van der Waals surface area contributed by atoms with Crippen LogP contribution in [-0.2, 0) is 10.3 Å². The molecule has 2 amide bonds. The molecular weight excluding hydrogens is 306 g/mol. The lowest BCUT2D eigenvalue weighted by Gasteiger charge is -2.34. The number of likely N-dealkylation sites (tertiary alicyclic amines) is 1. The van der Waals surface area contributed by atoms with Crippen LogP contribution in [0.15, 0.2) is 6.07 Å². The zero-order valence-corrected chi connectivity index (χ0v) is 13.9. The molecule has 3 N–H and O–H groups in total. The van der Waals surface area contributed by atoms with Crippen molar-refractivity contribution in [2.75, 3.05) is 20.1 Å². The molecule has 2 heterocycles. The maximum Gasteiger partial charge on any atom is 0.269 e. The van der Waals surface area contributed by atoms with Gasteiger partial charge in [0.15, 0.2) is 5.82 Å². The summed E-state index contributed by atoms with van der Waals surface area (Å²) in [6.45, 7) is 4.34. The number of hydrogen-bond donors (Lipinski definition) is 2. The molecule has 0 radical (unpaired) electrons.